The van der Waals surface area contributed by atoms with Crippen LogP contribution in [0.1, 0.15) is 11.4 Å². The van der Waals surface area contributed by atoms with Crippen LogP contribution in [0.3, 0.4) is 0 Å². The van der Waals surface area contributed by atoms with Gasteiger partial charge in [-0.1, -0.05) is 6.08 Å². The predicted octanol–water partition coefficient (Wildman–Crippen LogP) is 0.125. The lowest BCUT2D eigenvalue weighted by atomic mass is 10.3. The molecular formula is C16H19N5O4. The van der Waals surface area contributed by atoms with E-state index in [1.54, 1.807) is 10.5 Å². The van der Waals surface area contributed by atoms with Crippen LogP contribution in [-0.4, -0.2) is 36.2 Å². The fourth-order valence-corrected chi connectivity index (χ4v) is 3.00. The van der Waals surface area contributed by atoms with Gasteiger partial charge in [0.1, 0.15) is 6.54 Å². The molecule has 0 saturated carbocycles. The Kier molecular flexibility index (Phi) is 3.86. The molecule has 0 atom stereocenters. The maximum absolute atomic E-state index is 12.9. The molecular weight excluding hydrogens is 326 g/mol. The van der Waals surface area contributed by atoms with Gasteiger partial charge in [0.15, 0.2) is 11.2 Å². The van der Waals surface area contributed by atoms with Gasteiger partial charge in [-0.2, -0.15) is 4.98 Å². The highest BCUT2D eigenvalue weighted by Gasteiger charge is 2.23. The van der Waals surface area contributed by atoms with E-state index in [0.717, 1.165) is 16.0 Å². The minimum atomic E-state index is -0.670. The smallest absolute Gasteiger partial charge is 0.333 e. The third-order valence-corrected chi connectivity index (χ3v) is 4.46. The van der Waals surface area contributed by atoms with Gasteiger partial charge in [-0.25, -0.2) is 9.36 Å². The third-order valence-electron chi connectivity index (χ3n) is 4.46. The molecule has 0 spiro atoms. The van der Waals surface area contributed by atoms with Crippen LogP contribution in [0.15, 0.2) is 22.2 Å². The number of aromatic nitrogens is 5. The van der Waals surface area contributed by atoms with E-state index < -0.39 is 23.8 Å². The van der Waals surface area contributed by atoms with Crippen molar-refractivity contribution in [1.29, 1.82) is 0 Å². The Morgan fingerprint density at radius 2 is 1.92 bits per heavy atom. The second-order valence-corrected chi connectivity index (χ2v) is 5.80. The highest BCUT2D eigenvalue weighted by atomic mass is 16.5. The Morgan fingerprint density at radius 3 is 2.52 bits per heavy atom. The summed E-state index contributed by atoms with van der Waals surface area (Å²) in [6, 6.07) is 0. The molecule has 3 heterocycles. The van der Waals surface area contributed by atoms with Gasteiger partial charge in [0.2, 0.25) is 5.78 Å². The van der Waals surface area contributed by atoms with Gasteiger partial charge in [0, 0.05) is 25.0 Å². The fraction of sp³-hybridized carbons (Fsp3) is 0.375. The summed E-state index contributed by atoms with van der Waals surface area (Å²) < 4.78 is 10.3. The van der Waals surface area contributed by atoms with Crippen LogP contribution in [-0.2, 0) is 29.7 Å². The molecule has 3 aromatic heterocycles. The summed E-state index contributed by atoms with van der Waals surface area (Å²) in [5, 5.41) is 0. The van der Waals surface area contributed by atoms with Crippen molar-refractivity contribution < 1.29 is 9.53 Å². The molecule has 0 aliphatic carbocycles. The Bertz CT molecular complexity index is 1140. The van der Waals surface area contributed by atoms with Crippen LogP contribution in [0.5, 0.6) is 0 Å². The number of hydrogen-bond donors (Lipinski definition) is 0. The number of carbonyl (C=O) groups is 1. The quantitative estimate of drug-likeness (QED) is 0.495. The van der Waals surface area contributed by atoms with E-state index >= 15 is 0 Å². The van der Waals surface area contributed by atoms with Crippen molar-refractivity contribution in [2.45, 2.75) is 26.9 Å². The van der Waals surface area contributed by atoms with Gasteiger partial charge in [-0.3, -0.25) is 18.6 Å². The summed E-state index contributed by atoms with van der Waals surface area (Å²) >= 11 is 0. The van der Waals surface area contributed by atoms with Gasteiger partial charge in [-0.05, 0) is 13.8 Å². The molecule has 9 nitrogen and oxygen atoms in total. The maximum Gasteiger partial charge on any atom is 0.333 e. The summed E-state index contributed by atoms with van der Waals surface area (Å²) in [6.45, 7) is 7.62. The van der Waals surface area contributed by atoms with E-state index in [9.17, 15) is 14.4 Å². The van der Waals surface area contributed by atoms with Crippen molar-refractivity contribution in [2.75, 3.05) is 7.11 Å². The molecule has 0 radical (unpaired) electrons. The average molecular weight is 345 g/mol. The molecule has 25 heavy (non-hydrogen) atoms. The molecule has 0 saturated heterocycles. The Hall–Kier alpha value is -3.10. The molecule has 0 unspecified atom stereocenters. The minimum Gasteiger partial charge on any atom is -0.468 e. The van der Waals surface area contributed by atoms with Crippen LogP contribution in [0.25, 0.3) is 16.9 Å². The van der Waals surface area contributed by atoms with Gasteiger partial charge in [0.05, 0.1) is 7.11 Å². The van der Waals surface area contributed by atoms with Crippen molar-refractivity contribution in [1.82, 2.24) is 23.1 Å². The van der Waals surface area contributed by atoms with Crippen molar-refractivity contribution in [3.8, 4) is 0 Å². The summed E-state index contributed by atoms with van der Waals surface area (Å²) in [7, 11) is 2.72. The van der Waals surface area contributed by atoms with E-state index in [1.165, 1.54) is 18.7 Å². The first kappa shape index (κ1) is 16.7. The first-order chi connectivity index (χ1) is 11.8. The second-order valence-electron chi connectivity index (χ2n) is 5.80. The fourth-order valence-electron chi connectivity index (χ4n) is 3.00. The van der Waals surface area contributed by atoms with Gasteiger partial charge in [0.25, 0.3) is 5.56 Å². The van der Waals surface area contributed by atoms with Crippen LogP contribution in [0.4, 0.5) is 0 Å². The second kappa shape index (κ2) is 5.76. The zero-order valence-corrected chi connectivity index (χ0v) is 14.6. The van der Waals surface area contributed by atoms with Crippen LogP contribution < -0.4 is 11.2 Å². The maximum atomic E-state index is 12.9. The molecule has 0 bridgehead atoms. The van der Waals surface area contributed by atoms with E-state index in [0.29, 0.717) is 12.3 Å². The molecule has 0 fully saturated rings. The number of esters is 1. The Balaban J connectivity index is 2.49. The molecule has 9 heteroatoms. The van der Waals surface area contributed by atoms with Crippen LogP contribution in [0.2, 0.25) is 0 Å². The monoisotopic (exact) mass is 345 g/mol. The number of fused-ring (bicyclic) bond motifs is 3. The van der Waals surface area contributed by atoms with Crippen molar-refractivity contribution in [3.05, 3.63) is 44.9 Å². The Labute approximate surface area is 142 Å². The van der Waals surface area contributed by atoms with Crippen LogP contribution >= 0.6 is 0 Å². The summed E-state index contributed by atoms with van der Waals surface area (Å²) in [4.78, 5) is 41.4. The molecule has 0 N–H and O–H groups in total. The normalized spacial score (nSPS) is 11.4. The largest absolute Gasteiger partial charge is 0.468 e. The van der Waals surface area contributed by atoms with Gasteiger partial charge < -0.3 is 9.30 Å². The first-order valence-electron chi connectivity index (χ1n) is 7.68. The van der Waals surface area contributed by atoms with E-state index in [-0.39, 0.29) is 11.2 Å². The SMILES string of the molecule is C=CCn1c(C)c(C)n2c3c(=O)n(CC(=O)OC)c(=O)n(C)c3nc12. The molecule has 0 amide bonds. The number of ether oxygens (including phenoxy) is 1. The standard InChI is InChI=1S/C16H19N5O4/c1-6-7-19-9(2)10(3)21-12-13(17-15(19)21)18(4)16(24)20(14(12)23)8-11(22)25-5/h6H,1,7-8H2,2-5H3. The lowest BCUT2D eigenvalue weighted by Crippen LogP contribution is -2.41. The molecule has 3 rings (SSSR count). The number of allylic oxidation sites excluding steroid dienone is 1. The number of carbonyl (C=O) groups excluding carboxylic acids is 1. The summed E-state index contributed by atoms with van der Waals surface area (Å²) in [6.07, 6.45) is 1.74. The topological polar surface area (TPSA) is 92.5 Å². The van der Waals surface area contributed by atoms with Crippen molar-refractivity contribution in [2.24, 2.45) is 7.05 Å². The minimum absolute atomic E-state index is 0.254. The molecule has 0 aliphatic heterocycles. The number of methoxy groups -OCH3 is 1. The predicted molar refractivity (Wildman–Crippen MR) is 91.9 cm³/mol. The zero-order chi connectivity index (χ0) is 18.5. The van der Waals surface area contributed by atoms with E-state index in [2.05, 4.69) is 16.3 Å². The number of aryl methyl sites for hydroxylation is 2. The van der Waals surface area contributed by atoms with Gasteiger partial charge in [-0.15, -0.1) is 6.58 Å². The summed E-state index contributed by atoms with van der Waals surface area (Å²) in [5.41, 5.74) is 1.11. The summed E-state index contributed by atoms with van der Waals surface area (Å²) in [5.74, 6) is -0.121. The first-order valence-corrected chi connectivity index (χ1v) is 7.68. The highest BCUT2D eigenvalue weighted by molar-refractivity contribution is 5.77. The van der Waals surface area contributed by atoms with E-state index in [1.807, 2.05) is 18.4 Å². The lowest BCUT2D eigenvalue weighted by Gasteiger charge is -2.07. The average Bonchev–Trinajstić information content (AvgIpc) is 3.09. The zero-order valence-electron chi connectivity index (χ0n) is 14.6. The van der Waals surface area contributed by atoms with Crippen LogP contribution in [0, 0.1) is 13.8 Å². The number of hydrogen-bond acceptors (Lipinski definition) is 5. The van der Waals surface area contributed by atoms with Gasteiger partial charge >= 0.3 is 11.7 Å². The number of imidazole rings is 2. The Morgan fingerprint density at radius 1 is 1.24 bits per heavy atom. The number of rotatable bonds is 4. The molecule has 0 aromatic carbocycles. The lowest BCUT2D eigenvalue weighted by molar-refractivity contribution is -0.141. The molecule has 3 aromatic rings. The van der Waals surface area contributed by atoms with Crippen molar-refractivity contribution in [3.63, 3.8) is 0 Å². The van der Waals surface area contributed by atoms with Crippen molar-refractivity contribution >= 4 is 22.9 Å². The third kappa shape index (κ3) is 2.23. The molecule has 132 valence electrons. The highest BCUT2D eigenvalue weighted by Crippen LogP contribution is 2.20. The number of nitrogens with zero attached hydrogens (tertiary/aromatic N) is 5. The van der Waals surface area contributed by atoms with E-state index in [4.69, 9.17) is 0 Å². The molecule has 0 aliphatic rings.